The number of nitrogens with two attached hydrogens (primary N) is 2. The number of carbonyl (C=O) groups is 2. The topological polar surface area (TPSA) is 189 Å². The van der Waals surface area contributed by atoms with Crippen molar-refractivity contribution in [3.05, 3.63) is 41.3 Å². The summed E-state index contributed by atoms with van der Waals surface area (Å²) in [6.45, 7) is 4.11. The monoisotopic (exact) mass is 579 g/mol. The maximum Gasteiger partial charge on any atom is 0.319 e. The Bertz CT molecular complexity index is 1500. The second-order valence-corrected chi connectivity index (χ2v) is 12.4. The summed E-state index contributed by atoms with van der Waals surface area (Å²) < 4.78 is 19.1. The zero-order chi connectivity index (χ0) is 29.6. The number of rotatable bonds is 12. The van der Waals surface area contributed by atoms with Crippen molar-refractivity contribution in [2.75, 3.05) is 19.8 Å². The van der Waals surface area contributed by atoms with E-state index in [9.17, 15) is 14.7 Å². The predicted octanol–water partition coefficient (Wildman–Crippen LogP) is 1.71. The van der Waals surface area contributed by atoms with Gasteiger partial charge in [0.2, 0.25) is 5.88 Å². The number of primary amides is 1. The molecule has 3 aromatic heterocycles. The molecule has 1 spiro atoms. The molecule has 3 aliphatic carbocycles. The van der Waals surface area contributed by atoms with Crippen LogP contribution >= 0.6 is 0 Å². The van der Waals surface area contributed by atoms with Gasteiger partial charge in [0.15, 0.2) is 0 Å². The molecule has 3 saturated carbocycles. The summed E-state index contributed by atoms with van der Waals surface area (Å²) in [4.78, 5) is 33.3. The molecule has 3 aliphatic rings. The van der Waals surface area contributed by atoms with Crippen molar-refractivity contribution >= 4 is 17.3 Å². The van der Waals surface area contributed by atoms with Crippen LogP contribution in [0, 0.1) is 5.41 Å². The molecule has 6 rings (SSSR count). The molecular formula is C29H37N7O6. The number of fused-ring (bicyclic) bond motifs is 1. The lowest BCUT2D eigenvalue weighted by Crippen LogP contribution is -2.58. The van der Waals surface area contributed by atoms with Crippen molar-refractivity contribution in [3.63, 3.8) is 0 Å². The van der Waals surface area contributed by atoms with E-state index in [0.717, 1.165) is 49.7 Å². The lowest BCUT2D eigenvalue weighted by molar-refractivity contribution is -0.0849. The SMILES string of the molecule is CC(C)(O)COc1ccc2c(C(=O)NC3CC4(C3)CC(Oc3nc(OCCN)ncc3C(N)=O)C4)cnn2c1C1CC1. The van der Waals surface area contributed by atoms with Crippen LogP contribution in [0.5, 0.6) is 17.6 Å². The second kappa shape index (κ2) is 10.7. The van der Waals surface area contributed by atoms with Crippen molar-refractivity contribution < 1.29 is 28.9 Å². The van der Waals surface area contributed by atoms with E-state index in [1.165, 1.54) is 6.20 Å². The van der Waals surface area contributed by atoms with Gasteiger partial charge in [-0.1, -0.05) is 0 Å². The number of pyridine rings is 1. The molecule has 0 unspecified atom stereocenters. The molecule has 0 atom stereocenters. The lowest BCUT2D eigenvalue weighted by atomic mass is 9.53. The minimum Gasteiger partial charge on any atom is -0.489 e. The summed E-state index contributed by atoms with van der Waals surface area (Å²) in [6.07, 6.45) is 8.14. The highest BCUT2D eigenvalue weighted by Gasteiger charge is 2.54. The third-order valence-electron chi connectivity index (χ3n) is 8.11. The molecule has 224 valence electrons. The quantitative estimate of drug-likeness (QED) is 0.246. The average molecular weight is 580 g/mol. The van der Waals surface area contributed by atoms with Crippen molar-refractivity contribution in [1.29, 1.82) is 0 Å². The molecular weight excluding hydrogens is 542 g/mol. The summed E-state index contributed by atoms with van der Waals surface area (Å²) >= 11 is 0. The first kappa shape index (κ1) is 28.2. The molecule has 0 aromatic carbocycles. The first-order valence-electron chi connectivity index (χ1n) is 14.4. The van der Waals surface area contributed by atoms with Gasteiger partial charge in [0.05, 0.1) is 34.8 Å². The fourth-order valence-electron chi connectivity index (χ4n) is 6.00. The van der Waals surface area contributed by atoms with E-state index in [0.29, 0.717) is 23.8 Å². The third kappa shape index (κ3) is 5.71. The van der Waals surface area contributed by atoms with E-state index in [4.69, 9.17) is 25.7 Å². The van der Waals surface area contributed by atoms with Gasteiger partial charge in [-0.2, -0.15) is 10.1 Å². The molecule has 0 aliphatic heterocycles. The average Bonchev–Trinajstić information content (AvgIpc) is 3.64. The minimum atomic E-state index is -0.955. The number of nitrogens with zero attached hydrogens (tertiary/aromatic N) is 4. The molecule has 0 bridgehead atoms. The summed E-state index contributed by atoms with van der Waals surface area (Å²) in [7, 11) is 0. The highest BCUT2D eigenvalue weighted by Crippen LogP contribution is 2.57. The van der Waals surface area contributed by atoms with Gasteiger partial charge in [-0.05, 0) is 69.9 Å². The summed E-state index contributed by atoms with van der Waals surface area (Å²) in [6, 6.07) is 3.86. The van der Waals surface area contributed by atoms with Gasteiger partial charge >= 0.3 is 6.01 Å². The molecule has 2 amide bonds. The van der Waals surface area contributed by atoms with Crippen LogP contribution in [-0.4, -0.2) is 74.0 Å². The van der Waals surface area contributed by atoms with Crippen molar-refractivity contribution in [2.24, 2.45) is 16.9 Å². The number of hydrogen-bond acceptors (Lipinski definition) is 10. The van der Waals surface area contributed by atoms with Crippen LogP contribution in [0.2, 0.25) is 0 Å². The first-order valence-corrected chi connectivity index (χ1v) is 14.4. The molecule has 13 heteroatoms. The maximum absolute atomic E-state index is 13.3. The van der Waals surface area contributed by atoms with Crippen molar-refractivity contribution in [1.82, 2.24) is 24.9 Å². The number of aliphatic hydroxyl groups is 1. The Morgan fingerprint density at radius 2 is 1.90 bits per heavy atom. The number of nitrogens with one attached hydrogen (secondary N) is 1. The summed E-state index contributed by atoms with van der Waals surface area (Å²) in [5, 5.41) is 17.8. The Morgan fingerprint density at radius 1 is 1.14 bits per heavy atom. The maximum atomic E-state index is 13.3. The van der Waals surface area contributed by atoms with Gasteiger partial charge in [-0.15, -0.1) is 0 Å². The van der Waals surface area contributed by atoms with Crippen LogP contribution < -0.4 is 31.0 Å². The number of hydrogen-bond donors (Lipinski definition) is 4. The Balaban J connectivity index is 1.05. The van der Waals surface area contributed by atoms with Gasteiger partial charge in [0.25, 0.3) is 11.8 Å². The van der Waals surface area contributed by atoms with Crippen LogP contribution in [0.15, 0.2) is 24.5 Å². The van der Waals surface area contributed by atoms with E-state index >= 15 is 0 Å². The molecule has 3 heterocycles. The fourth-order valence-corrected chi connectivity index (χ4v) is 6.00. The zero-order valence-electron chi connectivity index (χ0n) is 23.8. The fraction of sp³-hybridized carbons (Fsp3) is 0.552. The van der Waals surface area contributed by atoms with Crippen LogP contribution in [0.3, 0.4) is 0 Å². The smallest absolute Gasteiger partial charge is 0.319 e. The van der Waals surface area contributed by atoms with E-state index in [1.54, 1.807) is 20.0 Å². The molecule has 3 fully saturated rings. The molecule has 0 saturated heterocycles. The molecule has 3 aromatic rings. The lowest BCUT2D eigenvalue weighted by Gasteiger charge is -2.57. The van der Waals surface area contributed by atoms with E-state index in [1.807, 2.05) is 16.6 Å². The number of aromatic nitrogens is 4. The molecule has 0 radical (unpaired) electrons. The largest absolute Gasteiger partial charge is 0.489 e. The Hall–Kier alpha value is -3.97. The summed E-state index contributed by atoms with van der Waals surface area (Å²) in [5.74, 6) is 0.301. The Morgan fingerprint density at radius 3 is 2.57 bits per heavy atom. The van der Waals surface area contributed by atoms with Crippen LogP contribution in [-0.2, 0) is 0 Å². The van der Waals surface area contributed by atoms with Gasteiger partial charge in [-0.3, -0.25) is 9.59 Å². The highest BCUT2D eigenvalue weighted by atomic mass is 16.5. The predicted molar refractivity (Wildman–Crippen MR) is 151 cm³/mol. The van der Waals surface area contributed by atoms with Crippen molar-refractivity contribution in [3.8, 4) is 17.6 Å². The summed E-state index contributed by atoms with van der Waals surface area (Å²) in [5.41, 5.74) is 12.4. The Labute approximate surface area is 242 Å². The van der Waals surface area contributed by atoms with E-state index in [2.05, 4.69) is 20.4 Å². The van der Waals surface area contributed by atoms with Gasteiger partial charge in [0, 0.05) is 18.5 Å². The van der Waals surface area contributed by atoms with Crippen LogP contribution in [0.4, 0.5) is 0 Å². The minimum absolute atomic E-state index is 0.0576. The number of ether oxygens (including phenoxy) is 3. The van der Waals surface area contributed by atoms with Crippen molar-refractivity contribution in [2.45, 2.75) is 76.0 Å². The van der Waals surface area contributed by atoms with Gasteiger partial charge in [-0.25, -0.2) is 9.50 Å². The normalized spacial score (nSPS) is 23.2. The van der Waals surface area contributed by atoms with Gasteiger partial charge < -0.3 is 36.1 Å². The number of carbonyl (C=O) groups excluding carboxylic acids is 2. The van der Waals surface area contributed by atoms with Gasteiger partial charge in [0.1, 0.15) is 30.6 Å². The van der Waals surface area contributed by atoms with Crippen LogP contribution in [0.1, 0.15) is 84.7 Å². The zero-order valence-corrected chi connectivity index (χ0v) is 23.8. The first-order chi connectivity index (χ1) is 20.0. The van der Waals surface area contributed by atoms with E-state index in [-0.39, 0.29) is 54.1 Å². The van der Waals surface area contributed by atoms with Crippen LogP contribution in [0.25, 0.3) is 5.52 Å². The standard InChI is InChI=1S/C29H37N7O6/c1-28(2,39)15-41-22-6-5-21-19(14-33-36(21)23(22)16-3-4-16)25(38)34-17-9-29(10-17)11-18(12-29)42-26-20(24(31)37)13-32-27(35-26)40-8-7-30/h5-6,13-14,16-18,39H,3-4,7-12,15,30H2,1-2H3,(H2,31,37)(H,34,38). The molecule has 13 nitrogen and oxygen atoms in total. The molecule has 42 heavy (non-hydrogen) atoms. The third-order valence-corrected chi connectivity index (χ3v) is 8.11. The molecule has 6 N–H and O–H groups in total. The van der Waals surface area contributed by atoms with E-state index < -0.39 is 11.5 Å². The Kier molecular flexibility index (Phi) is 7.17. The second-order valence-electron chi connectivity index (χ2n) is 12.4. The highest BCUT2D eigenvalue weighted by molar-refractivity contribution is 6.01. The number of amides is 2.